The third-order valence-corrected chi connectivity index (χ3v) is 4.32. The molecule has 0 fully saturated rings. The Labute approximate surface area is 163 Å². The molecule has 148 valence electrons. The number of methoxy groups -OCH3 is 1. The van der Waals surface area contributed by atoms with E-state index in [4.69, 9.17) is 0 Å². The first-order valence-electron chi connectivity index (χ1n) is 9.70. The fourth-order valence-electron chi connectivity index (χ4n) is 2.76. The van der Waals surface area contributed by atoms with E-state index in [2.05, 4.69) is 23.8 Å². The van der Waals surface area contributed by atoms with Crippen molar-refractivity contribution in [2.24, 2.45) is 5.92 Å². The highest BCUT2D eigenvalue weighted by Gasteiger charge is 2.21. The summed E-state index contributed by atoms with van der Waals surface area (Å²) in [6, 6.07) is 0. The molecule has 27 heavy (non-hydrogen) atoms. The molecule has 1 rings (SSSR count). The Balaban J connectivity index is 2.41. The highest BCUT2D eigenvalue weighted by atomic mass is 16.5. The van der Waals surface area contributed by atoms with Crippen molar-refractivity contribution in [3.63, 3.8) is 0 Å². The van der Waals surface area contributed by atoms with Crippen molar-refractivity contribution in [1.82, 2.24) is 0 Å². The minimum absolute atomic E-state index is 0.0235. The molecule has 0 radical (unpaired) electrons. The highest BCUT2D eigenvalue weighted by molar-refractivity contribution is 6.07. The van der Waals surface area contributed by atoms with E-state index in [0.717, 1.165) is 24.8 Å². The van der Waals surface area contributed by atoms with Crippen molar-refractivity contribution >= 4 is 11.8 Å². The second-order valence-corrected chi connectivity index (χ2v) is 6.52. The second-order valence-electron chi connectivity index (χ2n) is 6.52. The van der Waals surface area contributed by atoms with Gasteiger partial charge in [-0.25, -0.2) is 0 Å². The van der Waals surface area contributed by atoms with E-state index in [9.17, 15) is 14.7 Å². The van der Waals surface area contributed by atoms with Gasteiger partial charge >= 0.3 is 5.97 Å². The maximum Gasteiger partial charge on any atom is 0.305 e. The van der Waals surface area contributed by atoms with Crippen LogP contribution in [0.15, 0.2) is 60.3 Å². The van der Waals surface area contributed by atoms with Crippen molar-refractivity contribution in [1.29, 1.82) is 0 Å². The van der Waals surface area contributed by atoms with Crippen molar-refractivity contribution in [2.45, 2.75) is 58.0 Å². The Morgan fingerprint density at radius 1 is 1.19 bits per heavy atom. The van der Waals surface area contributed by atoms with Gasteiger partial charge in [0.25, 0.3) is 0 Å². The summed E-state index contributed by atoms with van der Waals surface area (Å²) in [5, 5.41) is 10.1. The average Bonchev–Trinajstić information content (AvgIpc) is 3.02. The van der Waals surface area contributed by atoms with Crippen molar-refractivity contribution in [3.05, 3.63) is 60.3 Å². The van der Waals surface area contributed by atoms with Crippen LogP contribution < -0.4 is 0 Å². The van der Waals surface area contributed by atoms with E-state index in [1.165, 1.54) is 7.11 Å². The minimum atomic E-state index is -0.478. The lowest BCUT2D eigenvalue weighted by atomic mass is 9.96. The van der Waals surface area contributed by atoms with E-state index in [-0.39, 0.29) is 17.7 Å². The van der Waals surface area contributed by atoms with Gasteiger partial charge in [-0.15, -0.1) is 0 Å². The quantitative estimate of drug-likeness (QED) is 0.308. The SMILES string of the molecule is CC/C=C\C/C=C\C[C@H](O)C/C=C1/C(=O)C=C[C@@H]1C/C=C\CCC(=O)OC. The molecule has 0 bridgehead atoms. The van der Waals surface area contributed by atoms with Crippen LogP contribution in [-0.4, -0.2) is 30.1 Å². The van der Waals surface area contributed by atoms with Gasteiger partial charge in [-0.2, -0.15) is 0 Å². The first-order chi connectivity index (χ1) is 13.1. The summed E-state index contributed by atoms with van der Waals surface area (Å²) < 4.78 is 4.60. The lowest BCUT2D eigenvalue weighted by molar-refractivity contribution is -0.140. The largest absolute Gasteiger partial charge is 0.469 e. The van der Waals surface area contributed by atoms with Crippen LogP contribution in [0.3, 0.4) is 0 Å². The maximum absolute atomic E-state index is 12.0. The predicted molar refractivity (Wildman–Crippen MR) is 109 cm³/mol. The molecule has 0 spiro atoms. The summed E-state index contributed by atoms with van der Waals surface area (Å²) in [7, 11) is 1.38. The molecule has 0 heterocycles. The first-order valence-corrected chi connectivity index (χ1v) is 9.70. The number of aliphatic hydroxyl groups is 1. The molecular formula is C23H32O4. The number of allylic oxidation sites excluding steroid dienone is 8. The molecular weight excluding hydrogens is 340 g/mol. The van der Waals surface area contributed by atoms with Crippen LogP contribution in [0.4, 0.5) is 0 Å². The fourth-order valence-corrected chi connectivity index (χ4v) is 2.76. The van der Waals surface area contributed by atoms with Gasteiger partial charge in [0.15, 0.2) is 5.78 Å². The summed E-state index contributed by atoms with van der Waals surface area (Å²) in [5.41, 5.74) is 0.751. The number of hydrogen-bond acceptors (Lipinski definition) is 4. The lowest BCUT2D eigenvalue weighted by Crippen LogP contribution is -2.07. The van der Waals surface area contributed by atoms with Crippen LogP contribution in [-0.2, 0) is 14.3 Å². The number of esters is 1. The van der Waals surface area contributed by atoms with Gasteiger partial charge in [-0.05, 0) is 44.6 Å². The lowest BCUT2D eigenvalue weighted by Gasteiger charge is -2.10. The van der Waals surface area contributed by atoms with Crippen LogP contribution in [0.1, 0.15) is 51.9 Å². The standard InChI is InChI=1S/C23H32O4/c1-3-4-5-6-7-10-13-20(24)16-17-21-19(15-18-22(21)25)12-9-8-11-14-23(26)27-2/h4-5,7-10,15,17-20,24H,3,6,11-14,16H2,1-2H3/b5-4-,9-8-,10-7-,21-17+/t19-,20-/m0/s1. The molecule has 1 N–H and O–H groups in total. The molecule has 1 aliphatic rings. The van der Waals surface area contributed by atoms with Gasteiger partial charge in [0.2, 0.25) is 0 Å². The number of ketones is 1. The van der Waals surface area contributed by atoms with E-state index < -0.39 is 6.10 Å². The van der Waals surface area contributed by atoms with E-state index >= 15 is 0 Å². The molecule has 0 saturated heterocycles. The van der Waals surface area contributed by atoms with Crippen LogP contribution in [0.2, 0.25) is 0 Å². The Morgan fingerprint density at radius 2 is 1.96 bits per heavy atom. The molecule has 4 nitrogen and oxygen atoms in total. The summed E-state index contributed by atoms with van der Waals surface area (Å²) in [6.07, 6.45) is 21.8. The smallest absolute Gasteiger partial charge is 0.305 e. The molecule has 4 heteroatoms. The van der Waals surface area contributed by atoms with Gasteiger partial charge in [-0.3, -0.25) is 9.59 Å². The normalized spacial score (nSPS) is 19.9. The third kappa shape index (κ3) is 9.90. The number of hydrogen-bond donors (Lipinski definition) is 1. The topological polar surface area (TPSA) is 63.6 Å². The number of aliphatic hydroxyl groups excluding tert-OH is 1. The summed E-state index contributed by atoms with van der Waals surface area (Å²) in [5.74, 6) is -0.148. The van der Waals surface area contributed by atoms with Crippen molar-refractivity contribution in [2.75, 3.05) is 7.11 Å². The number of rotatable bonds is 12. The summed E-state index contributed by atoms with van der Waals surface area (Å²) in [6.45, 7) is 2.10. The van der Waals surface area contributed by atoms with E-state index in [0.29, 0.717) is 25.7 Å². The highest BCUT2D eigenvalue weighted by Crippen LogP contribution is 2.26. The fraction of sp³-hybridized carbons (Fsp3) is 0.478. The van der Waals surface area contributed by atoms with E-state index in [1.807, 2.05) is 36.5 Å². The van der Waals surface area contributed by atoms with Gasteiger partial charge in [0.1, 0.15) is 0 Å². The molecule has 0 unspecified atom stereocenters. The molecule has 0 aromatic carbocycles. The van der Waals surface area contributed by atoms with Crippen molar-refractivity contribution < 1.29 is 19.4 Å². The molecule has 0 saturated carbocycles. The first kappa shape index (κ1) is 22.8. The minimum Gasteiger partial charge on any atom is -0.469 e. The van der Waals surface area contributed by atoms with Crippen LogP contribution >= 0.6 is 0 Å². The van der Waals surface area contributed by atoms with Gasteiger partial charge in [0.05, 0.1) is 13.2 Å². The predicted octanol–water partition coefficient (Wildman–Crippen LogP) is 4.62. The zero-order valence-electron chi connectivity index (χ0n) is 16.5. The number of ether oxygens (including phenoxy) is 1. The van der Waals surface area contributed by atoms with Gasteiger partial charge in [-0.1, -0.05) is 55.5 Å². The maximum atomic E-state index is 12.0. The van der Waals surface area contributed by atoms with E-state index in [1.54, 1.807) is 6.08 Å². The van der Waals surface area contributed by atoms with Crippen LogP contribution in [0.25, 0.3) is 0 Å². The third-order valence-electron chi connectivity index (χ3n) is 4.32. The summed E-state index contributed by atoms with van der Waals surface area (Å²) in [4.78, 5) is 23.1. The Morgan fingerprint density at radius 3 is 2.70 bits per heavy atom. The zero-order valence-corrected chi connectivity index (χ0v) is 16.5. The van der Waals surface area contributed by atoms with Crippen molar-refractivity contribution in [3.8, 4) is 0 Å². The molecule has 0 aromatic rings. The molecule has 2 atom stereocenters. The summed E-state index contributed by atoms with van der Waals surface area (Å²) >= 11 is 0. The molecule has 0 aromatic heterocycles. The Kier molecular flexibility index (Phi) is 11.8. The Bertz CT molecular complexity index is 608. The Hall–Kier alpha value is -2.20. The van der Waals surface area contributed by atoms with Gasteiger partial charge in [0, 0.05) is 17.9 Å². The molecule has 1 aliphatic carbocycles. The second kappa shape index (κ2) is 13.9. The molecule has 0 aliphatic heterocycles. The zero-order chi connectivity index (χ0) is 19.9. The number of carbonyl (C=O) groups is 2. The monoisotopic (exact) mass is 372 g/mol. The molecule has 0 amide bonds. The number of carbonyl (C=O) groups excluding carboxylic acids is 2. The van der Waals surface area contributed by atoms with Crippen LogP contribution in [0, 0.1) is 5.92 Å². The average molecular weight is 373 g/mol. The van der Waals surface area contributed by atoms with Gasteiger partial charge < -0.3 is 9.84 Å². The van der Waals surface area contributed by atoms with Crippen LogP contribution in [0.5, 0.6) is 0 Å².